The summed E-state index contributed by atoms with van der Waals surface area (Å²) in [5.41, 5.74) is 1.08. The first-order chi connectivity index (χ1) is 13.7. The SMILES string of the molecule is CCNC(=NCCCN1CCC(O)CC1)N1CCN(c2ccc(F)cc2)CC1. The Bertz CT molecular complexity index is 608. The molecular formula is C21H34FN5O. The number of likely N-dealkylation sites (tertiary alicyclic amines) is 1. The lowest BCUT2D eigenvalue weighted by molar-refractivity contribution is 0.0824. The Morgan fingerprint density at radius 1 is 1.11 bits per heavy atom. The minimum Gasteiger partial charge on any atom is -0.393 e. The van der Waals surface area contributed by atoms with Gasteiger partial charge in [0.15, 0.2) is 5.96 Å². The van der Waals surface area contributed by atoms with Crippen LogP contribution in [0.25, 0.3) is 0 Å². The minimum atomic E-state index is -0.190. The number of aliphatic hydroxyl groups is 1. The molecule has 0 aliphatic carbocycles. The zero-order valence-electron chi connectivity index (χ0n) is 17.0. The van der Waals surface area contributed by atoms with E-state index in [9.17, 15) is 9.50 Å². The lowest BCUT2D eigenvalue weighted by Gasteiger charge is -2.37. The third-order valence-corrected chi connectivity index (χ3v) is 5.56. The standard InChI is InChI=1S/C21H34FN5O/c1-2-23-21(24-10-3-11-25-12-8-20(28)9-13-25)27-16-14-26(15-17-27)19-6-4-18(22)5-7-19/h4-7,20,28H,2-3,8-17H2,1H3,(H,23,24). The molecule has 1 aromatic carbocycles. The predicted molar refractivity (Wildman–Crippen MR) is 112 cm³/mol. The van der Waals surface area contributed by atoms with Crippen LogP contribution in [-0.4, -0.2) is 85.9 Å². The van der Waals surface area contributed by atoms with Gasteiger partial charge in [-0.1, -0.05) is 0 Å². The summed E-state index contributed by atoms with van der Waals surface area (Å²) < 4.78 is 13.1. The van der Waals surface area contributed by atoms with Crippen LogP contribution in [0.3, 0.4) is 0 Å². The number of anilines is 1. The summed E-state index contributed by atoms with van der Waals surface area (Å²) in [6.45, 7) is 10.5. The molecule has 0 saturated carbocycles. The molecule has 2 aliphatic rings. The first-order valence-corrected chi connectivity index (χ1v) is 10.6. The van der Waals surface area contributed by atoms with E-state index in [1.807, 2.05) is 12.1 Å². The lowest BCUT2D eigenvalue weighted by Crippen LogP contribution is -2.52. The summed E-state index contributed by atoms with van der Waals surface area (Å²) in [4.78, 5) is 11.9. The number of nitrogens with one attached hydrogen (secondary N) is 1. The molecule has 2 saturated heterocycles. The number of nitrogens with zero attached hydrogens (tertiary/aromatic N) is 4. The van der Waals surface area contributed by atoms with Gasteiger partial charge in [-0.05, 0) is 57.0 Å². The first kappa shape index (κ1) is 20.9. The van der Waals surface area contributed by atoms with Crippen LogP contribution in [0.5, 0.6) is 0 Å². The van der Waals surface area contributed by atoms with Crippen LogP contribution in [-0.2, 0) is 0 Å². The second kappa shape index (κ2) is 10.6. The van der Waals surface area contributed by atoms with E-state index < -0.39 is 0 Å². The number of rotatable bonds is 6. The molecule has 1 aromatic rings. The number of piperidine rings is 1. The maximum atomic E-state index is 13.1. The highest BCUT2D eigenvalue weighted by molar-refractivity contribution is 5.80. The van der Waals surface area contributed by atoms with Crippen LogP contribution >= 0.6 is 0 Å². The zero-order valence-corrected chi connectivity index (χ0v) is 17.0. The molecule has 0 radical (unpaired) electrons. The number of aliphatic imine (C=N–C) groups is 1. The smallest absolute Gasteiger partial charge is 0.194 e. The number of hydrogen-bond acceptors (Lipinski definition) is 4. The van der Waals surface area contributed by atoms with Crippen LogP contribution in [0, 0.1) is 5.82 Å². The Morgan fingerprint density at radius 3 is 2.43 bits per heavy atom. The van der Waals surface area contributed by atoms with Gasteiger partial charge in [-0.15, -0.1) is 0 Å². The van der Waals surface area contributed by atoms with Crippen molar-refractivity contribution in [2.24, 2.45) is 4.99 Å². The highest BCUT2D eigenvalue weighted by atomic mass is 19.1. The molecule has 7 heteroatoms. The topological polar surface area (TPSA) is 54.3 Å². The molecule has 0 bridgehead atoms. The molecule has 28 heavy (non-hydrogen) atoms. The first-order valence-electron chi connectivity index (χ1n) is 10.6. The van der Waals surface area contributed by atoms with Gasteiger partial charge in [0, 0.05) is 58.0 Å². The fourth-order valence-corrected chi connectivity index (χ4v) is 3.88. The van der Waals surface area contributed by atoms with Gasteiger partial charge < -0.3 is 25.1 Å². The summed E-state index contributed by atoms with van der Waals surface area (Å²) in [5.74, 6) is 0.806. The van der Waals surface area contributed by atoms with Crippen molar-refractivity contribution in [2.45, 2.75) is 32.3 Å². The Kier molecular flexibility index (Phi) is 7.91. The van der Waals surface area contributed by atoms with E-state index in [4.69, 9.17) is 4.99 Å². The van der Waals surface area contributed by atoms with E-state index in [0.717, 1.165) is 89.8 Å². The Balaban J connectivity index is 1.44. The maximum Gasteiger partial charge on any atom is 0.194 e. The van der Waals surface area contributed by atoms with Crippen molar-refractivity contribution in [3.63, 3.8) is 0 Å². The largest absolute Gasteiger partial charge is 0.393 e. The third kappa shape index (κ3) is 6.07. The molecule has 156 valence electrons. The maximum absolute atomic E-state index is 13.1. The molecule has 6 nitrogen and oxygen atoms in total. The van der Waals surface area contributed by atoms with Crippen molar-refractivity contribution in [1.82, 2.24) is 15.1 Å². The van der Waals surface area contributed by atoms with Crippen LogP contribution < -0.4 is 10.2 Å². The molecular weight excluding hydrogens is 357 g/mol. The van der Waals surface area contributed by atoms with Crippen molar-refractivity contribution in [3.8, 4) is 0 Å². The van der Waals surface area contributed by atoms with Gasteiger partial charge in [0.25, 0.3) is 0 Å². The summed E-state index contributed by atoms with van der Waals surface area (Å²) >= 11 is 0. The van der Waals surface area contributed by atoms with Gasteiger partial charge in [-0.3, -0.25) is 4.99 Å². The van der Waals surface area contributed by atoms with Crippen LogP contribution in [0.15, 0.2) is 29.3 Å². The second-order valence-corrected chi connectivity index (χ2v) is 7.61. The molecule has 2 N–H and O–H groups in total. The normalized spacial score (nSPS) is 19.9. The Morgan fingerprint density at radius 2 is 1.79 bits per heavy atom. The Hall–Kier alpha value is -1.86. The highest BCUT2D eigenvalue weighted by Gasteiger charge is 2.20. The summed E-state index contributed by atoms with van der Waals surface area (Å²) in [6.07, 6.45) is 2.72. The lowest BCUT2D eigenvalue weighted by atomic mass is 10.1. The summed E-state index contributed by atoms with van der Waals surface area (Å²) in [5, 5.41) is 13.0. The second-order valence-electron chi connectivity index (χ2n) is 7.61. The van der Waals surface area contributed by atoms with Crippen molar-refractivity contribution >= 4 is 11.6 Å². The van der Waals surface area contributed by atoms with Gasteiger partial charge in [0.05, 0.1) is 6.10 Å². The molecule has 0 spiro atoms. The number of aliphatic hydroxyl groups excluding tert-OH is 1. The average molecular weight is 392 g/mol. The predicted octanol–water partition coefficient (Wildman–Crippen LogP) is 1.76. The van der Waals surface area contributed by atoms with E-state index in [2.05, 4.69) is 26.9 Å². The van der Waals surface area contributed by atoms with Crippen LogP contribution in [0.1, 0.15) is 26.2 Å². The van der Waals surface area contributed by atoms with Crippen molar-refractivity contribution in [2.75, 3.05) is 63.8 Å². The molecule has 2 heterocycles. The molecule has 0 amide bonds. The van der Waals surface area contributed by atoms with E-state index >= 15 is 0 Å². The molecule has 0 atom stereocenters. The minimum absolute atomic E-state index is 0.108. The number of benzene rings is 1. The van der Waals surface area contributed by atoms with Gasteiger partial charge in [0.2, 0.25) is 0 Å². The number of piperazine rings is 1. The summed E-state index contributed by atoms with van der Waals surface area (Å²) in [6, 6.07) is 6.75. The molecule has 0 unspecified atom stereocenters. The van der Waals surface area contributed by atoms with E-state index in [1.54, 1.807) is 0 Å². The van der Waals surface area contributed by atoms with Gasteiger partial charge in [0.1, 0.15) is 5.82 Å². The van der Waals surface area contributed by atoms with Gasteiger partial charge in [-0.2, -0.15) is 0 Å². The zero-order chi connectivity index (χ0) is 19.8. The van der Waals surface area contributed by atoms with Crippen LogP contribution in [0.4, 0.5) is 10.1 Å². The number of halogens is 1. The molecule has 2 aliphatic heterocycles. The number of hydrogen-bond donors (Lipinski definition) is 2. The van der Waals surface area contributed by atoms with Crippen molar-refractivity contribution in [3.05, 3.63) is 30.1 Å². The third-order valence-electron chi connectivity index (χ3n) is 5.56. The average Bonchev–Trinajstić information content (AvgIpc) is 2.72. The molecule has 3 rings (SSSR count). The van der Waals surface area contributed by atoms with Gasteiger partial charge in [-0.25, -0.2) is 4.39 Å². The van der Waals surface area contributed by atoms with Gasteiger partial charge >= 0.3 is 0 Å². The molecule has 2 fully saturated rings. The van der Waals surface area contributed by atoms with E-state index in [0.29, 0.717) is 0 Å². The fraction of sp³-hybridized carbons (Fsp3) is 0.667. The number of guanidine groups is 1. The van der Waals surface area contributed by atoms with Crippen LogP contribution in [0.2, 0.25) is 0 Å². The monoisotopic (exact) mass is 391 g/mol. The molecule has 0 aromatic heterocycles. The quantitative estimate of drug-likeness (QED) is 0.440. The highest BCUT2D eigenvalue weighted by Crippen LogP contribution is 2.17. The van der Waals surface area contributed by atoms with Crippen molar-refractivity contribution in [1.29, 1.82) is 0 Å². The summed E-state index contributed by atoms with van der Waals surface area (Å²) in [7, 11) is 0. The fourth-order valence-electron chi connectivity index (χ4n) is 3.88. The van der Waals surface area contributed by atoms with E-state index in [1.165, 1.54) is 12.1 Å². The van der Waals surface area contributed by atoms with E-state index in [-0.39, 0.29) is 11.9 Å². The Labute approximate surface area is 168 Å². The van der Waals surface area contributed by atoms with Crippen molar-refractivity contribution < 1.29 is 9.50 Å².